The Kier molecular flexibility index (Phi) is 5.03. The SMILES string of the molecule is O=C(NCC(F)(F)F)c1cccc(S(=O)(=O)Nc2ccc3c(c2)OC(F)(F)O3)c1. The van der Waals surface area contributed by atoms with Crippen LogP contribution in [0.3, 0.4) is 0 Å². The van der Waals surface area contributed by atoms with Crippen LogP contribution in [-0.2, 0) is 10.0 Å². The van der Waals surface area contributed by atoms with E-state index in [1.54, 1.807) is 5.32 Å². The molecule has 3 rings (SSSR count). The molecular weight excluding hydrogens is 427 g/mol. The topological polar surface area (TPSA) is 93.7 Å². The second kappa shape index (κ2) is 7.06. The van der Waals surface area contributed by atoms with Gasteiger partial charge in [0.1, 0.15) is 6.54 Å². The van der Waals surface area contributed by atoms with E-state index in [0.717, 1.165) is 42.5 Å². The van der Waals surface area contributed by atoms with E-state index in [-0.39, 0.29) is 17.0 Å². The number of hydrogen-bond donors (Lipinski definition) is 2. The lowest BCUT2D eigenvalue weighted by atomic mass is 10.2. The third-order valence-electron chi connectivity index (χ3n) is 3.51. The van der Waals surface area contributed by atoms with Crippen LogP contribution in [0.25, 0.3) is 0 Å². The van der Waals surface area contributed by atoms with Gasteiger partial charge in [0.15, 0.2) is 11.5 Å². The predicted octanol–water partition coefficient (Wildman–Crippen LogP) is 3.10. The number of amides is 1. The highest BCUT2D eigenvalue weighted by atomic mass is 32.2. The summed E-state index contributed by atoms with van der Waals surface area (Å²) in [5.74, 6) is -1.80. The first-order chi connectivity index (χ1) is 13.3. The maximum atomic E-state index is 13.0. The molecule has 0 aromatic heterocycles. The summed E-state index contributed by atoms with van der Waals surface area (Å²) >= 11 is 0. The third kappa shape index (κ3) is 5.04. The number of anilines is 1. The van der Waals surface area contributed by atoms with E-state index in [1.807, 2.05) is 0 Å². The van der Waals surface area contributed by atoms with E-state index in [4.69, 9.17) is 0 Å². The first-order valence-corrected chi connectivity index (χ1v) is 9.21. The fourth-order valence-corrected chi connectivity index (χ4v) is 3.41. The van der Waals surface area contributed by atoms with Crippen molar-refractivity contribution in [2.24, 2.45) is 0 Å². The smallest absolute Gasteiger partial charge is 0.395 e. The maximum Gasteiger partial charge on any atom is 0.586 e. The van der Waals surface area contributed by atoms with Gasteiger partial charge in [-0.2, -0.15) is 13.2 Å². The molecule has 1 aliphatic rings. The first kappa shape index (κ1) is 20.6. The van der Waals surface area contributed by atoms with Crippen LogP contribution in [0.4, 0.5) is 27.6 Å². The molecular formula is C16H11F5N2O5S. The zero-order valence-electron chi connectivity index (χ0n) is 14.1. The van der Waals surface area contributed by atoms with Gasteiger partial charge in [-0.1, -0.05) is 6.07 Å². The second-order valence-electron chi connectivity index (χ2n) is 5.76. The van der Waals surface area contributed by atoms with Gasteiger partial charge in [0, 0.05) is 11.6 Å². The molecule has 0 aliphatic carbocycles. The maximum absolute atomic E-state index is 13.0. The van der Waals surface area contributed by atoms with Crippen molar-refractivity contribution in [3.05, 3.63) is 48.0 Å². The lowest BCUT2D eigenvalue weighted by molar-refractivity contribution is -0.286. The molecule has 1 aliphatic heterocycles. The summed E-state index contributed by atoms with van der Waals surface area (Å²) < 4.78 is 98.1. The number of carbonyl (C=O) groups excluding carboxylic acids is 1. The van der Waals surface area contributed by atoms with Crippen molar-refractivity contribution in [2.45, 2.75) is 17.4 Å². The van der Waals surface area contributed by atoms with Crippen LogP contribution >= 0.6 is 0 Å². The molecule has 7 nitrogen and oxygen atoms in total. The van der Waals surface area contributed by atoms with Crippen molar-refractivity contribution < 1.29 is 44.6 Å². The summed E-state index contributed by atoms with van der Waals surface area (Å²) in [4.78, 5) is 11.4. The Morgan fingerprint density at radius 1 is 1.03 bits per heavy atom. The van der Waals surface area contributed by atoms with E-state index < -0.39 is 45.6 Å². The number of rotatable bonds is 5. The lowest BCUT2D eigenvalue weighted by Crippen LogP contribution is -2.33. The highest BCUT2D eigenvalue weighted by molar-refractivity contribution is 7.92. The summed E-state index contributed by atoms with van der Waals surface area (Å²) in [7, 11) is -4.29. The van der Waals surface area contributed by atoms with Crippen molar-refractivity contribution >= 4 is 21.6 Å². The summed E-state index contributed by atoms with van der Waals surface area (Å²) in [5, 5.41) is 1.62. The number of benzene rings is 2. The molecule has 1 amide bonds. The quantitative estimate of drug-likeness (QED) is 0.700. The Labute approximate surface area is 160 Å². The zero-order valence-corrected chi connectivity index (χ0v) is 14.9. The fourth-order valence-electron chi connectivity index (χ4n) is 2.31. The molecule has 0 saturated carbocycles. The number of halogens is 5. The van der Waals surface area contributed by atoms with Gasteiger partial charge in [-0.05, 0) is 30.3 Å². The minimum atomic E-state index is -4.63. The predicted molar refractivity (Wildman–Crippen MR) is 88.3 cm³/mol. The number of fused-ring (bicyclic) bond motifs is 1. The van der Waals surface area contributed by atoms with Crippen molar-refractivity contribution in [3.8, 4) is 11.5 Å². The Balaban J connectivity index is 1.78. The van der Waals surface area contributed by atoms with Crippen LogP contribution in [0.15, 0.2) is 47.4 Å². The summed E-state index contributed by atoms with van der Waals surface area (Å²) in [6.07, 6.45) is -8.50. The third-order valence-corrected chi connectivity index (χ3v) is 4.89. The molecule has 0 saturated heterocycles. The van der Waals surface area contributed by atoms with Gasteiger partial charge in [0.05, 0.1) is 10.6 Å². The molecule has 1 heterocycles. The van der Waals surface area contributed by atoms with Gasteiger partial charge in [0.25, 0.3) is 15.9 Å². The summed E-state index contributed by atoms with van der Waals surface area (Å²) in [6, 6.07) is 7.44. The van der Waals surface area contributed by atoms with Gasteiger partial charge in [0.2, 0.25) is 0 Å². The average molecular weight is 438 g/mol. The van der Waals surface area contributed by atoms with Crippen molar-refractivity contribution in [1.29, 1.82) is 0 Å². The monoisotopic (exact) mass is 438 g/mol. The van der Waals surface area contributed by atoms with E-state index in [2.05, 4.69) is 14.2 Å². The molecule has 2 aromatic carbocycles. The normalized spacial score (nSPS) is 15.1. The molecule has 2 aromatic rings. The fraction of sp³-hybridized carbons (Fsp3) is 0.188. The minimum Gasteiger partial charge on any atom is -0.395 e. The Bertz CT molecular complexity index is 1060. The minimum absolute atomic E-state index is 0.142. The molecule has 13 heteroatoms. The van der Waals surface area contributed by atoms with E-state index in [0.29, 0.717) is 0 Å². The number of carbonyl (C=O) groups is 1. The van der Waals surface area contributed by atoms with Crippen LogP contribution < -0.4 is 19.5 Å². The molecule has 0 fully saturated rings. The number of sulfonamides is 1. The van der Waals surface area contributed by atoms with Gasteiger partial charge in [-0.25, -0.2) is 8.42 Å². The number of ether oxygens (including phenoxy) is 2. The lowest BCUT2D eigenvalue weighted by Gasteiger charge is -2.11. The first-order valence-electron chi connectivity index (χ1n) is 7.72. The van der Waals surface area contributed by atoms with Crippen LogP contribution in [0.5, 0.6) is 11.5 Å². The Morgan fingerprint density at radius 3 is 2.41 bits per heavy atom. The highest BCUT2D eigenvalue weighted by Crippen LogP contribution is 2.42. The second-order valence-corrected chi connectivity index (χ2v) is 7.44. The zero-order chi connectivity index (χ0) is 21.4. The van der Waals surface area contributed by atoms with E-state index >= 15 is 0 Å². The standard InChI is InChI=1S/C16H11F5N2O5S/c17-15(18,19)8-22-14(24)9-2-1-3-11(6-9)29(25,26)23-10-4-5-12-13(7-10)28-16(20,21)27-12/h1-7,23H,8H2,(H,22,24). The molecule has 0 bridgehead atoms. The number of alkyl halides is 5. The Morgan fingerprint density at radius 2 is 1.72 bits per heavy atom. The molecule has 29 heavy (non-hydrogen) atoms. The number of hydrogen-bond acceptors (Lipinski definition) is 5. The molecule has 0 radical (unpaired) electrons. The van der Waals surface area contributed by atoms with Crippen LogP contribution in [0, 0.1) is 0 Å². The van der Waals surface area contributed by atoms with E-state index in [1.165, 1.54) is 0 Å². The molecule has 0 atom stereocenters. The van der Waals surface area contributed by atoms with Crippen LogP contribution in [0.2, 0.25) is 0 Å². The average Bonchev–Trinajstić information content (AvgIpc) is 2.92. The van der Waals surface area contributed by atoms with Gasteiger partial charge in [-0.15, -0.1) is 8.78 Å². The van der Waals surface area contributed by atoms with Crippen LogP contribution in [0.1, 0.15) is 10.4 Å². The van der Waals surface area contributed by atoms with Crippen molar-refractivity contribution in [2.75, 3.05) is 11.3 Å². The molecule has 156 valence electrons. The molecule has 0 unspecified atom stereocenters. The van der Waals surface area contributed by atoms with E-state index in [9.17, 15) is 35.2 Å². The Hall–Kier alpha value is -3.09. The molecule has 2 N–H and O–H groups in total. The largest absolute Gasteiger partial charge is 0.586 e. The van der Waals surface area contributed by atoms with Gasteiger partial charge in [-0.3, -0.25) is 9.52 Å². The molecule has 0 spiro atoms. The van der Waals surface area contributed by atoms with Crippen molar-refractivity contribution in [3.63, 3.8) is 0 Å². The van der Waals surface area contributed by atoms with Gasteiger partial charge < -0.3 is 14.8 Å². The summed E-state index contributed by atoms with van der Waals surface area (Å²) in [6.45, 7) is -1.58. The number of nitrogens with one attached hydrogen (secondary N) is 2. The van der Waals surface area contributed by atoms with Gasteiger partial charge >= 0.3 is 12.5 Å². The van der Waals surface area contributed by atoms with Crippen LogP contribution in [-0.4, -0.2) is 33.3 Å². The highest BCUT2D eigenvalue weighted by Gasteiger charge is 2.43. The van der Waals surface area contributed by atoms with Crippen molar-refractivity contribution in [1.82, 2.24) is 5.32 Å². The summed E-state index contributed by atoms with van der Waals surface area (Å²) in [5.41, 5.74) is -0.459.